The van der Waals surface area contributed by atoms with Gasteiger partial charge in [0.1, 0.15) is 5.82 Å². The molecule has 9 heteroatoms. The molecule has 2 aromatic carbocycles. The second kappa shape index (κ2) is 12.4. The molecule has 0 aromatic heterocycles. The van der Waals surface area contributed by atoms with Crippen molar-refractivity contribution in [2.75, 3.05) is 32.6 Å². The second-order valence-electron chi connectivity index (χ2n) is 9.01. The SMILES string of the molecule is COCCNC(=O)c1cccc(-c2cc(C)c(F)c(C(=O)CNS(=O)(=O)CC3CCCCC3)c2)c1. The third-order valence-electron chi connectivity index (χ3n) is 6.24. The normalized spacial score (nSPS) is 14.6. The van der Waals surface area contributed by atoms with E-state index in [4.69, 9.17) is 4.74 Å². The Hall–Kier alpha value is -2.62. The molecule has 0 unspecified atom stereocenters. The van der Waals surface area contributed by atoms with Gasteiger partial charge in [0, 0.05) is 19.2 Å². The first-order valence-corrected chi connectivity index (χ1v) is 13.5. The molecule has 2 aromatic rings. The maximum Gasteiger partial charge on any atom is 0.251 e. The van der Waals surface area contributed by atoms with Crippen LogP contribution in [0.4, 0.5) is 4.39 Å². The Morgan fingerprint density at radius 1 is 1.09 bits per heavy atom. The first kappa shape index (κ1) is 27.0. The van der Waals surface area contributed by atoms with Gasteiger partial charge in [-0.2, -0.15) is 0 Å². The van der Waals surface area contributed by atoms with Crippen molar-refractivity contribution in [2.24, 2.45) is 5.92 Å². The van der Waals surface area contributed by atoms with E-state index in [2.05, 4.69) is 10.0 Å². The number of hydrogen-bond donors (Lipinski definition) is 2. The van der Waals surface area contributed by atoms with Crippen LogP contribution in [0.25, 0.3) is 11.1 Å². The van der Waals surface area contributed by atoms with E-state index in [9.17, 15) is 22.4 Å². The standard InChI is InChI=1S/C26H33FN2O5S/c1-18-13-22(20-9-6-10-21(14-20)26(31)28-11-12-34-2)15-23(25(18)27)24(30)16-29-35(32,33)17-19-7-4-3-5-8-19/h6,9-10,13-15,19,29H,3-5,7-8,11-12,16-17H2,1-2H3,(H,28,31). The van der Waals surface area contributed by atoms with Gasteiger partial charge in [-0.15, -0.1) is 0 Å². The van der Waals surface area contributed by atoms with Crippen LogP contribution in [0.1, 0.15) is 58.4 Å². The maximum atomic E-state index is 14.8. The van der Waals surface area contributed by atoms with Crippen molar-refractivity contribution in [1.82, 2.24) is 10.0 Å². The van der Waals surface area contributed by atoms with Crippen LogP contribution in [0.15, 0.2) is 36.4 Å². The highest BCUT2D eigenvalue weighted by Crippen LogP contribution is 2.27. The van der Waals surface area contributed by atoms with E-state index in [1.54, 1.807) is 44.4 Å². The lowest BCUT2D eigenvalue weighted by atomic mass is 9.91. The van der Waals surface area contributed by atoms with Crippen LogP contribution < -0.4 is 10.0 Å². The number of Topliss-reactive ketones (excluding diaryl/α,β-unsaturated/α-hetero) is 1. The van der Waals surface area contributed by atoms with Crippen molar-refractivity contribution in [3.05, 3.63) is 58.9 Å². The number of sulfonamides is 1. The van der Waals surface area contributed by atoms with Crippen molar-refractivity contribution in [3.63, 3.8) is 0 Å². The number of methoxy groups -OCH3 is 1. The molecule has 1 aliphatic carbocycles. The van der Waals surface area contributed by atoms with Gasteiger partial charge in [0.25, 0.3) is 5.91 Å². The summed E-state index contributed by atoms with van der Waals surface area (Å²) in [5.74, 6) is -1.52. The minimum Gasteiger partial charge on any atom is -0.383 e. The number of rotatable bonds is 11. The number of carbonyl (C=O) groups is 2. The lowest BCUT2D eigenvalue weighted by Gasteiger charge is -2.21. The largest absolute Gasteiger partial charge is 0.383 e. The van der Waals surface area contributed by atoms with Gasteiger partial charge in [0.2, 0.25) is 10.0 Å². The summed E-state index contributed by atoms with van der Waals surface area (Å²) in [4.78, 5) is 25.2. The minimum absolute atomic E-state index is 0.0128. The fraction of sp³-hybridized carbons (Fsp3) is 0.462. The minimum atomic E-state index is -3.64. The third kappa shape index (κ3) is 7.68. The number of aryl methyl sites for hydroxylation is 1. The van der Waals surface area contributed by atoms with Crippen LogP contribution in [-0.4, -0.2) is 52.7 Å². The van der Waals surface area contributed by atoms with E-state index in [1.165, 1.54) is 6.07 Å². The monoisotopic (exact) mass is 504 g/mol. The van der Waals surface area contributed by atoms with Crippen LogP contribution >= 0.6 is 0 Å². The Bertz CT molecular complexity index is 1160. The van der Waals surface area contributed by atoms with E-state index < -0.39 is 28.2 Å². The zero-order valence-corrected chi connectivity index (χ0v) is 21.0. The molecular formula is C26H33FN2O5S. The molecule has 0 bridgehead atoms. The fourth-order valence-corrected chi connectivity index (χ4v) is 5.76. The maximum absolute atomic E-state index is 14.8. The van der Waals surface area contributed by atoms with Gasteiger partial charge in [-0.1, -0.05) is 31.4 Å². The molecule has 35 heavy (non-hydrogen) atoms. The molecule has 2 N–H and O–H groups in total. The summed E-state index contributed by atoms with van der Waals surface area (Å²) in [7, 11) is -2.10. The predicted molar refractivity (Wildman–Crippen MR) is 133 cm³/mol. The average Bonchev–Trinajstić information content (AvgIpc) is 2.84. The summed E-state index contributed by atoms with van der Waals surface area (Å²) in [5, 5.41) is 2.75. The zero-order chi connectivity index (χ0) is 25.4. The highest BCUT2D eigenvalue weighted by atomic mass is 32.2. The number of ether oxygens (including phenoxy) is 1. The van der Waals surface area contributed by atoms with E-state index in [1.807, 2.05) is 0 Å². The zero-order valence-electron chi connectivity index (χ0n) is 20.2. The molecule has 0 spiro atoms. The smallest absolute Gasteiger partial charge is 0.251 e. The van der Waals surface area contributed by atoms with Crippen LogP contribution in [-0.2, 0) is 14.8 Å². The number of halogens is 1. The summed E-state index contributed by atoms with van der Waals surface area (Å²) in [6, 6.07) is 9.80. The van der Waals surface area contributed by atoms with Crippen LogP contribution in [0.2, 0.25) is 0 Å². The molecule has 0 saturated heterocycles. The van der Waals surface area contributed by atoms with E-state index in [-0.39, 0.29) is 28.7 Å². The van der Waals surface area contributed by atoms with Crippen LogP contribution in [0.5, 0.6) is 0 Å². The lowest BCUT2D eigenvalue weighted by Crippen LogP contribution is -2.34. The molecule has 0 aliphatic heterocycles. The second-order valence-corrected chi connectivity index (χ2v) is 10.9. The van der Waals surface area contributed by atoms with Crippen molar-refractivity contribution in [2.45, 2.75) is 39.0 Å². The van der Waals surface area contributed by atoms with Gasteiger partial charge < -0.3 is 10.1 Å². The quantitative estimate of drug-likeness (QED) is 0.357. The molecule has 7 nitrogen and oxygen atoms in total. The van der Waals surface area contributed by atoms with Gasteiger partial charge >= 0.3 is 0 Å². The summed E-state index contributed by atoms with van der Waals surface area (Å²) in [6.07, 6.45) is 4.90. The summed E-state index contributed by atoms with van der Waals surface area (Å²) in [5.41, 5.74) is 1.69. The summed E-state index contributed by atoms with van der Waals surface area (Å²) < 4.78 is 47.1. The highest BCUT2D eigenvalue weighted by Gasteiger charge is 2.23. The van der Waals surface area contributed by atoms with E-state index >= 15 is 0 Å². The van der Waals surface area contributed by atoms with Crippen LogP contribution in [0.3, 0.4) is 0 Å². The molecule has 0 atom stereocenters. The van der Waals surface area contributed by atoms with Crippen molar-refractivity contribution < 1.29 is 27.1 Å². The van der Waals surface area contributed by atoms with Crippen molar-refractivity contribution in [1.29, 1.82) is 0 Å². The van der Waals surface area contributed by atoms with Gasteiger partial charge in [0.15, 0.2) is 5.78 Å². The first-order valence-electron chi connectivity index (χ1n) is 11.9. The Morgan fingerprint density at radius 3 is 2.54 bits per heavy atom. The number of amides is 1. The Kier molecular flexibility index (Phi) is 9.54. The molecule has 1 fully saturated rings. The fourth-order valence-electron chi connectivity index (χ4n) is 4.34. The number of nitrogens with one attached hydrogen (secondary N) is 2. The van der Waals surface area contributed by atoms with Gasteiger partial charge in [0.05, 0.1) is 24.5 Å². The van der Waals surface area contributed by atoms with Gasteiger partial charge in [-0.25, -0.2) is 17.5 Å². The molecule has 1 saturated carbocycles. The number of carbonyl (C=O) groups excluding carboxylic acids is 2. The van der Waals surface area contributed by atoms with Gasteiger partial charge in [-0.05, 0) is 66.6 Å². The Balaban J connectivity index is 1.74. The van der Waals surface area contributed by atoms with E-state index in [0.717, 1.165) is 32.1 Å². The number of hydrogen-bond acceptors (Lipinski definition) is 5. The molecule has 3 rings (SSSR count). The number of ketones is 1. The van der Waals surface area contributed by atoms with Crippen molar-refractivity contribution >= 4 is 21.7 Å². The lowest BCUT2D eigenvalue weighted by molar-refractivity contribution is 0.0936. The highest BCUT2D eigenvalue weighted by molar-refractivity contribution is 7.89. The summed E-state index contributed by atoms with van der Waals surface area (Å²) in [6.45, 7) is 1.80. The van der Waals surface area contributed by atoms with E-state index in [0.29, 0.717) is 29.8 Å². The Labute approximate surface area is 206 Å². The molecule has 1 aliphatic rings. The average molecular weight is 505 g/mol. The summed E-state index contributed by atoms with van der Waals surface area (Å²) >= 11 is 0. The topological polar surface area (TPSA) is 102 Å². The Morgan fingerprint density at radius 2 is 1.83 bits per heavy atom. The third-order valence-corrected chi connectivity index (χ3v) is 7.73. The number of benzene rings is 2. The molecule has 190 valence electrons. The molecule has 0 heterocycles. The van der Waals surface area contributed by atoms with Crippen LogP contribution in [0, 0.1) is 18.7 Å². The van der Waals surface area contributed by atoms with Crippen molar-refractivity contribution in [3.8, 4) is 11.1 Å². The molecular weight excluding hydrogens is 471 g/mol. The first-order chi connectivity index (χ1) is 16.7. The predicted octanol–water partition coefficient (Wildman–Crippen LogP) is 3.86. The molecule has 0 radical (unpaired) electrons. The van der Waals surface area contributed by atoms with Gasteiger partial charge in [-0.3, -0.25) is 9.59 Å². The molecule has 1 amide bonds.